The van der Waals surface area contributed by atoms with Gasteiger partial charge in [-0.2, -0.15) is 5.10 Å². The lowest BCUT2D eigenvalue weighted by Gasteiger charge is -2.19. The number of ether oxygens (including phenoxy) is 1. The van der Waals surface area contributed by atoms with E-state index in [4.69, 9.17) is 4.74 Å². The van der Waals surface area contributed by atoms with Crippen LogP contribution in [0.25, 0.3) is 0 Å². The SMILES string of the molecule is CN=C(NCc1cccc(NC(=O)Cn2cccn2)c1)NCC(C)Oc1ccccc1C.I. The minimum absolute atomic E-state index is 0. The van der Waals surface area contributed by atoms with E-state index in [-0.39, 0.29) is 42.5 Å². The van der Waals surface area contributed by atoms with Gasteiger partial charge in [0.25, 0.3) is 0 Å². The fourth-order valence-electron chi connectivity index (χ4n) is 3.09. The van der Waals surface area contributed by atoms with Crippen molar-refractivity contribution in [1.29, 1.82) is 0 Å². The lowest BCUT2D eigenvalue weighted by Crippen LogP contribution is -2.41. The molecule has 0 aliphatic heterocycles. The molecule has 0 aliphatic carbocycles. The molecule has 33 heavy (non-hydrogen) atoms. The number of aryl methyl sites for hydroxylation is 1. The van der Waals surface area contributed by atoms with Crippen LogP contribution in [-0.2, 0) is 17.9 Å². The maximum Gasteiger partial charge on any atom is 0.246 e. The van der Waals surface area contributed by atoms with Gasteiger partial charge in [-0.3, -0.25) is 14.5 Å². The summed E-state index contributed by atoms with van der Waals surface area (Å²) in [5.74, 6) is 1.44. The van der Waals surface area contributed by atoms with Gasteiger partial charge in [0.2, 0.25) is 5.91 Å². The molecule has 1 heterocycles. The molecular weight excluding hydrogens is 531 g/mol. The molecule has 1 unspecified atom stereocenters. The number of guanidine groups is 1. The molecule has 8 nitrogen and oxygen atoms in total. The number of amides is 1. The molecule has 9 heteroatoms. The Morgan fingerprint density at radius 3 is 2.70 bits per heavy atom. The first-order valence-corrected chi connectivity index (χ1v) is 10.6. The molecule has 3 N–H and O–H groups in total. The number of rotatable bonds is 9. The molecule has 0 spiro atoms. The van der Waals surface area contributed by atoms with E-state index in [1.807, 2.05) is 62.4 Å². The summed E-state index contributed by atoms with van der Waals surface area (Å²) >= 11 is 0. The predicted octanol–water partition coefficient (Wildman–Crippen LogP) is 3.58. The second-order valence-corrected chi connectivity index (χ2v) is 7.45. The Hall–Kier alpha value is -3.08. The Balaban J connectivity index is 0.00000385. The Kier molecular flexibility index (Phi) is 10.7. The number of hydrogen-bond donors (Lipinski definition) is 3. The topological polar surface area (TPSA) is 92.6 Å². The first-order chi connectivity index (χ1) is 15.5. The normalized spacial score (nSPS) is 11.8. The van der Waals surface area contributed by atoms with Crippen LogP contribution in [0.3, 0.4) is 0 Å². The van der Waals surface area contributed by atoms with Crippen LogP contribution in [0.4, 0.5) is 5.69 Å². The molecule has 0 bridgehead atoms. The Morgan fingerprint density at radius 2 is 1.97 bits per heavy atom. The third kappa shape index (κ3) is 8.76. The number of hydrogen-bond acceptors (Lipinski definition) is 4. The molecule has 1 aromatic heterocycles. The number of nitrogens with zero attached hydrogens (tertiary/aromatic N) is 3. The highest BCUT2D eigenvalue weighted by molar-refractivity contribution is 14.0. The van der Waals surface area contributed by atoms with E-state index in [1.54, 1.807) is 30.2 Å². The maximum atomic E-state index is 12.2. The fourth-order valence-corrected chi connectivity index (χ4v) is 3.09. The number of anilines is 1. The molecule has 0 fully saturated rings. The third-order valence-corrected chi connectivity index (χ3v) is 4.74. The zero-order valence-corrected chi connectivity index (χ0v) is 21.4. The highest BCUT2D eigenvalue weighted by Gasteiger charge is 2.08. The molecule has 1 amide bonds. The molecule has 2 aromatic carbocycles. The van der Waals surface area contributed by atoms with Crippen LogP contribution < -0.4 is 20.7 Å². The average Bonchev–Trinajstić information content (AvgIpc) is 3.28. The number of aromatic nitrogens is 2. The summed E-state index contributed by atoms with van der Waals surface area (Å²) in [6.07, 6.45) is 3.38. The summed E-state index contributed by atoms with van der Waals surface area (Å²) in [7, 11) is 1.73. The summed E-state index contributed by atoms with van der Waals surface area (Å²) in [6.45, 7) is 5.40. The predicted molar refractivity (Wildman–Crippen MR) is 142 cm³/mol. The number of halogens is 1. The van der Waals surface area contributed by atoms with Gasteiger partial charge in [-0.25, -0.2) is 0 Å². The Morgan fingerprint density at radius 1 is 1.15 bits per heavy atom. The summed E-state index contributed by atoms with van der Waals surface area (Å²) in [6, 6.07) is 17.5. The molecule has 176 valence electrons. The minimum atomic E-state index is -0.126. The van der Waals surface area contributed by atoms with Crippen LogP contribution in [0, 0.1) is 6.92 Å². The second kappa shape index (κ2) is 13.5. The monoisotopic (exact) mass is 562 g/mol. The molecule has 0 saturated carbocycles. The number of para-hydroxylation sites is 1. The summed E-state index contributed by atoms with van der Waals surface area (Å²) in [5.41, 5.74) is 2.87. The van der Waals surface area contributed by atoms with E-state index in [9.17, 15) is 4.79 Å². The van der Waals surface area contributed by atoms with Crippen molar-refractivity contribution in [2.45, 2.75) is 33.0 Å². The summed E-state index contributed by atoms with van der Waals surface area (Å²) in [5, 5.41) is 13.5. The first-order valence-electron chi connectivity index (χ1n) is 10.6. The largest absolute Gasteiger partial charge is 0.489 e. The van der Waals surface area contributed by atoms with Crippen LogP contribution in [-0.4, -0.2) is 41.3 Å². The number of nitrogens with one attached hydrogen (secondary N) is 3. The van der Waals surface area contributed by atoms with Crippen LogP contribution in [0.5, 0.6) is 5.75 Å². The van der Waals surface area contributed by atoms with Gasteiger partial charge < -0.3 is 20.7 Å². The minimum Gasteiger partial charge on any atom is -0.489 e. The standard InChI is InChI=1S/C24H30N6O2.HI/c1-18-8-4-5-11-22(18)32-19(2)15-26-24(25-3)27-16-20-9-6-10-21(14-20)29-23(31)17-30-13-7-12-28-30;/h4-14,19H,15-17H2,1-3H3,(H,29,31)(H2,25,26,27);1H. The van der Waals surface area contributed by atoms with E-state index < -0.39 is 0 Å². The van der Waals surface area contributed by atoms with E-state index in [0.29, 0.717) is 19.0 Å². The van der Waals surface area contributed by atoms with Crippen molar-refractivity contribution in [3.8, 4) is 5.75 Å². The van der Waals surface area contributed by atoms with Crippen molar-refractivity contribution in [2.24, 2.45) is 4.99 Å². The second-order valence-electron chi connectivity index (χ2n) is 7.45. The van der Waals surface area contributed by atoms with Crippen molar-refractivity contribution in [3.63, 3.8) is 0 Å². The van der Waals surface area contributed by atoms with Gasteiger partial charge in [-0.1, -0.05) is 30.3 Å². The van der Waals surface area contributed by atoms with E-state index in [0.717, 1.165) is 22.6 Å². The molecular formula is C24H31IN6O2. The molecule has 0 saturated heterocycles. The molecule has 0 aliphatic rings. The molecule has 0 radical (unpaired) electrons. The van der Waals surface area contributed by atoms with Crippen molar-refractivity contribution in [1.82, 2.24) is 20.4 Å². The Labute approximate surface area is 211 Å². The molecule has 3 rings (SSSR count). The van der Waals surface area contributed by atoms with E-state index in [2.05, 4.69) is 26.0 Å². The maximum absolute atomic E-state index is 12.2. The van der Waals surface area contributed by atoms with Crippen molar-refractivity contribution in [2.75, 3.05) is 18.9 Å². The van der Waals surface area contributed by atoms with Gasteiger partial charge in [0.05, 0.1) is 6.54 Å². The highest BCUT2D eigenvalue weighted by atomic mass is 127. The average molecular weight is 562 g/mol. The number of aliphatic imine (C=N–C) groups is 1. The van der Waals surface area contributed by atoms with Crippen LogP contribution >= 0.6 is 24.0 Å². The number of carbonyl (C=O) groups excluding carboxylic acids is 1. The zero-order valence-electron chi connectivity index (χ0n) is 19.1. The van der Waals surface area contributed by atoms with Crippen molar-refractivity contribution in [3.05, 3.63) is 78.1 Å². The van der Waals surface area contributed by atoms with Gasteiger partial charge in [-0.15, -0.1) is 24.0 Å². The van der Waals surface area contributed by atoms with Gasteiger partial charge in [0, 0.05) is 31.7 Å². The summed E-state index contributed by atoms with van der Waals surface area (Å²) in [4.78, 5) is 16.4. The Bertz CT molecular complexity index is 1040. The number of carbonyl (C=O) groups is 1. The highest BCUT2D eigenvalue weighted by Crippen LogP contribution is 2.17. The van der Waals surface area contributed by atoms with E-state index in [1.165, 1.54) is 0 Å². The first kappa shape index (κ1) is 26.2. The molecule has 3 aromatic rings. The quantitative estimate of drug-likeness (QED) is 0.211. The van der Waals surface area contributed by atoms with Gasteiger partial charge in [0.15, 0.2) is 5.96 Å². The van der Waals surface area contributed by atoms with Crippen LogP contribution in [0.15, 0.2) is 72.0 Å². The van der Waals surface area contributed by atoms with Crippen molar-refractivity contribution < 1.29 is 9.53 Å². The summed E-state index contributed by atoms with van der Waals surface area (Å²) < 4.78 is 7.58. The fraction of sp³-hybridized carbons (Fsp3) is 0.292. The molecule has 1 atom stereocenters. The lowest BCUT2D eigenvalue weighted by molar-refractivity contribution is -0.116. The van der Waals surface area contributed by atoms with Gasteiger partial charge in [0.1, 0.15) is 18.4 Å². The van der Waals surface area contributed by atoms with E-state index >= 15 is 0 Å². The van der Waals surface area contributed by atoms with Crippen LogP contribution in [0.2, 0.25) is 0 Å². The lowest BCUT2D eigenvalue weighted by atomic mass is 10.2. The number of benzene rings is 2. The van der Waals surface area contributed by atoms with Crippen LogP contribution in [0.1, 0.15) is 18.1 Å². The van der Waals surface area contributed by atoms with Gasteiger partial charge in [-0.05, 0) is 49.2 Å². The zero-order chi connectivity index (χ0) is 22.8. The smallest absolute Gasteiger partial charge is 0.246 e. The van der Waals surface area contributed by atoms with Gasteiger partial charge >= 0.3 is 0 Å². The van der Waals surface area contributed by atoms with Crippen molar-refractivity contribution >= 4 is 41.5 Å². The third-order valence-electron chi connectivity index (χ3n) is 4.74.